The molecule has 108 valence electrons. The van der Waals surface area contributed by atoms with Crippen molar-refractivity contribution in [2.45, 2.75) is 38.8 Å². The van der Waals surface area contributed by atoms with Crippen molar-refractivity contribution < 1.29 is 14.3 Å². The van der Waals surface area contributed by atoms with Crippen LogP contribution in [0.2, 0.25) is 0 Å². The summed E-state index contributed by atoms with van der Waals surface area (Å²) < 4.78 is 5.21. The van der Waals surface area contributed by atoms with Gasteiger partial charge in [-0.1, -0.05) is 0 Å². The molecular formula is C11H21N5O3. The lowest BCUT2D eigenvalue weighted by Crippen LogP contribution is -2.60. The first-order valence-electron chi connectivity index (χ1n) is 6.05. The number of hydrogen-bond acceptors (Lipinski definition) is 5. The largest absolute Gasteiger partial charge is 0.444 e. The Balaban J connectivity index is 2.54. The minimum absolute atomic E-state index is 0.0384. The first kappa shape index (κ1) is 15.1. The van der Waals surface area contributed by atoms with Crippen LogP contribution in [0.4, 0.5) is 4.79 Å². The van der Waals surface area contributed by atoms with Crippen molar-refractivity contribution in [2.75, 3.05) is 13.6 Å². The number of hydrazone groups is 1. The monoisotopic (exact) mass is 271 g/mol. The number of nitrogens with zero attached hydrogens (tertiary/aromatic N) is 2. The zero-order valence-electron chi connectivity index (χ0n) is 11.7. The number of guanidine groups is 1. The van der Waals surface area contributed by atoms with Gasteiger partial charge in [0.05, 0.1) is 0 Å². The van der Waals surface area contributed by atoms with E-state index in [4.69, 9.17) is 10.5 Å². The van der Waals surface area contributed by atoms with Gasteiger partial charge in [-0.15, -0.1) is 5.10 Å². The highest BCUT2D eigenvalue weighted by Crippen LogP contribution is 2.21. The van der Waals surface area contributed by atoms with Gasteiger partial charge in [-0.3, -0.25) is 15.0 Å². The van der Waals surface area contributed by atoms with Gasteiger partial charge in [0.1, 0.15) is 11.6 Å². The molecule has 0 radical (unpaired) electrons. The van der Waals surface area contributed by atoms with Crippen molar-refractivity contribution in [1.82, 2.24) is 15.6 Å². The van der Waals surface area contributed by atoms with Crippen LogP contribution in [0.15, 0.2) is 5.10 Å². The third kappa shape index (κ3) is 4.31. The lowest BCUT2D eigenvalue weighted by atomic mass is 10.0. The Hall–Kier alpha value is -1.99. The van der Waals surface area contributed by atoms with E-state index in [-0.39, 0.29) is 11.9 Å². The molecule has 0 unspecified atom stereocenters. The lowest BCUT2D eigenvalue weighted by Gasteiger charge is -2.39. The molecule has 1 rings (SSSR count). The number of ether oxygens (including phenoxy) is 1. The van der Waals surface area contributed by atoms with Crippen molar-refractivity contribution in [2.24, 2.45) is 10.8 Å². The molecule has 1 saturated heterocycles. The molecule has 0 saturated carbocycles. The van der Waals surface area contributed by atoms with Gasteiger partial charge in [0.2, 0.25) is 11.9 Å². The molecule has 2 amide bonds. The average molecular weight is 271 g/mol. The van der Waals surface area contributed by atoms with Crippen LogP contribution in [-0.4, -0.2) is 48.1 Å². The van der Waals surface area contributed by atoms with E-state index in [1.54, 1.807) is 27.8 Å². The van der Waals surface area contributed by atoms with Crippen molar-refractivity contribution >= 4 is 18.0 Å². The summed E-state index contributed by atoms with van der Waals surface area (Å²) in [5, 5.41) is 6.02. The molecule has 0 aromatic carbocycles. The second kappa shape index (κ2) is 5.77. The van der Waals surface area contributed by atoms with Crippen molar-refractivity contribution in [3.05, 3.63) is 0 Å². The molecule has 8 nitrogen and oxygen atoms in total. The van der Waals surface area contributed by atoms with E-state index < -0.39 is 17.7 Å². The third-order valence-corrected chi connectivity index (χ3v) is 2.43. The normalized spacial score (nSPS) is 19.5. The summed E-state index contributed by atoms with van der Waals surface area (Å²) in [7, 11) is 1.56. The topological polar surface area (TPSA) is 109 Å². The molecule has 1 heterocycles. The van der Waals surface area contributed by atoms with Gasteiger partial charge in [0.25, 0.3) is 0 Å². The predicted molar refractivity (Wildman–Crippen MR) is 70.2 cm³/mol. The molecule has 1 aliphatic rings. The molecule has 0 aliphatic carbocycles. The van der Waals surface area contributed by atoms with Gasteiger partial charge in [0.15, 0.2) is 0 Å². The Morgan fingerprint density at radius 2 is 2.05 bits per heavy atom. The number of carbonyl (C=O) groups excluding carboxylic acids is 2. The molecule has 0 spiro atoms. The summed E-state index contributed by atoms with van der Waals surface area (Å²) in [5.41, 5.74) is 7.32. The summed E-state index contributed by atoms with van der Waals surface area (Å²) in [4.78, 5) is 25.0. The Bertz CT molecular complexity index is 388. The highest BCUT2D eigenvalue weighted by atomic mass is 16.6. The molecule has 0 aromatic heterocycles. The van der Waals surface area contributed by atoms with E-state index in [9.17, 15) is 9.59 Å². The highest BCUT2D eigenvalue weighted by Gasteiger charge is 2.40. The third-order valence-electron chi connectivity index (χ3n) is 2.43. The van der Waals surface area contributed by atoms with E-state index in [1.165, 1.54) is 4.90 Å². The van der Waals surface area contributed by atoms with E-state index in [0.29, 0.717) is 13.0 Å². The summed E-state index contributed by atoms with van der Waals surface area (Å²) in [6.07, 6.45) is 0.0841. The van der Waals surface area contributed by atoms with Crippen LogP contribution in [0, 0.1) is 0 Å². The highest BCUT2D eigenvalue weighted by molar-refractivity contribution is 6.00. The molecule has 1 atom stereocenters. The fourth-order valence-electron chi connectivity index (χ4n) is 1.56. The van der Waals surface area contributed by atoms with Crippen LogP contribution in [0.1, 0.15) is 27.2 Å². The fraction of sp³-hybridized carbons (Fsp3) is 0.727. The SMILES string of the molecule is CN/N=C(\N)NC(=O)[C@@H]1CCN1C(=O)OC(C)(C)C. The van der Waals surface area contributed by atoms with E-state index in [2.05, 4.69) is 15.8 Å². The smallest absolute Gasteiger partial charge is 0.410 e. The van der Waals surface area contributed by atoms with Crippen LogP contribution in [0.3, 0.4) is 0 Å². The maximum Gasteiger partial charge on any atom is 0.410 e. The van der Waals surface area contributed by atoms with Gasteiger partial charge < -0.3 is 15.9 Å². The number of carbonyl (C=O) groups is 2. The van der Waals surface area contributed by atoms with Gasteiger partial charge >= 0.3 is 6.09 Å². The van der Waals surface area contributed by atoms with Gasteiger partial charge in [-0.05, 0) is 27.2 Å². The fourth-order valence-corrected chi connectivity index (χ4v) is 1.56. The lowest BCUT2D eigenvalue weighted by molar-refractivity contribution is -0.129. The molecule has 8 heteroatoms. The quantitative estimate of drug-likeness (QED) is 0.358. The number of hydrogen-bond donors (Lipinski definition) is 3. The average Bonchev–Trinajstić information content (AvgIpc) is 2.11. The van der Waals surface area contributed by atoms with E-state index in [0.717, 1.165) is 0 Å². The van der Waals surface area contributed by atoms with Gasteiger partial charge in [0, 0.05) is 13.6 Å². The summed E-state index contributed by atoms with van der Waals surface area (Å²) in [6.45, 7) is 5.82. The van der Waals surface area contributed by atoms with Crippen LogP contribution < -0.4 is 16.5 Å². The molecule has 19 heavy (non-hydrogen) atoms. The molecule has 1 aliphatic heterocycles. The molecule has 1 fully saturated rings. The first-order valence-corrected chi connectivity index (χ1v) is 6.05. The molecule has 4 N–H and O–H groups in total. The van der Waals surface area contributed by atoms with Crippen molar-refractivity contribution in [3.63, 3.8) is 0 Å². The maximum atomic E-state index is 11.8. The number of nitrogens with one attached hydrogen (secondary N) is 2. The maximum absolute atomic E-state index is 11.8. The zero-order valence-corrected chi connectivity index (χ0v) is 11.7. The zero-order chi connectivity index (χ0) is 14.6. The van der Waals surface area contributed by atoms with Crippen molar-refractivity contribution in [3.8, 4) is 0 Å². The first-order chi connectivity index (χ1) is 8.74. The van der Waals surface area contributed by atoms with Crippen molar-refractivity contribution in [1.29, 1.82) is 0 Å². The minimum Gasteiger partial charge on any atom is -0.444 e. The Kier molecular flexibility index (Phi) is 4.57. The van der Waals surface area contributed by atoms with E-state index >= 15 is 0 Å². The molecule has 0 bridgehead atoms. The second-order valence-corrected chi connectivity index (χ2v) is 5.19. The van der Waals surface area contributed by atoms with E-state index in [1.807, 2.05) is 0 Å². The Morgan fingerprint density at radius 1 is 1.42 bits per heavy atom. The molecular weight excluding hydrogens is 250 g/mol. The summed E-state index contributed by atoms with van der Waals surface area (Å²) in [6, 6.07) is -0.555. The predicted octanol–water partition coefficient (Wildman–Crippen LogP) is -0.439. The van der Waals surface area contributed by atoms with Crippen LogP contribution >= 0.6 is 0 Å². The number of rotatable bonds is 2. The summed E-state index contributed by atoms with van der Waals surface area (Å²) >= 11 is 0. The Morgan fingerprint density at radius 3 is 2.47 bits per heavy atom. The van der Waals surface area contributed by atoms with Gasteiger partial charge in [-0.2, -0.15) is 0 Å². The standard InChI is InChI=1S/C11H21N5O3/c1-11(2,3)19-10(18)16-6-5-7(16)8(17)14-9(12)15-13-4/h7,13H,5-6H2,1-4H3,(H3,12,14,15,17)/t7-/m0/s1. The molecule has 0 aromatic rings. The minimum atomic E-state index is -0.583. The number of likely N-dealkylation sites (tertiary alicyclic amines) is 1. The number of amides is 2. The summed E-state index contributed by atoms with van der Waals surface area (Å²) in [5.74, 6) is -0.405. The second-order valence-electron chi connectivity index (χ2n) is 5.19. The van der Waals surface area contributed by atoms with Gasteiger partial charge in [-0.25, -0.2) is 4.79 Å². The Labute approximate surface area is 112 Å². The van der Waals surface area contributed by atoms with Crippen LogP contribution in [-0.2, 0) is 9.53 Å². The van der Waals surface area contributed by atoms with Crippen LogP contribution in [0.25, 0.3) is 0 Å². The van der Waals surface area contributed by atoms with Crippen LogP contribution in [0.5, 0.6) is 0 Å². The number of nitrogens with two attached hydrogens (primary N) is 1.